The number of hydrogen-bond donors (Lipinski definition) is 0. The van der Waals surface area contributed by atoms with E-state index in [1.807, 2.05) is 48.5 Å². The van der Waals surface area contributed by atoms with Gasteiger partial charge in [0.2, 0.25) is 0 Å². The highest BCUT2D eigenvalue weighted by Crippen LogP contribution is 2.39. The Balaban J connectivity index is 2.15. The summed E-state index contributed by atoms with van der Waals surface area (Å²) in [5, 5.41) is 4.12. The highest BCUT2D eigenvalue weighted by molar-refractivity contribution is 6.35. The second-order valence-electron chi connectivity index (χ2n) is 6.62. The highest BCUT2D eigenvalue weighted by atomic mass is 16.2. The molecule has 0 fully saturated rings. The molecule has 0 aliphatic carbocycles. The quantitative estimate of drug-likeness (QED) is 0.427. The molecule has 3 aromatic carbocycles. The van der Waals surface area contributed by atoms with E-state index < -0.39 is 0 Å². The van der Waals surface area contributed by atoms with Gasteiger partial charge in [0.15, 0.2) is 0 Å². The van der Waals surface area contributed by atoms with Crippen LogP contribution in [0.2, 0.25) is 0 Å². The lowest BCUT2D eigenvalue weighted by atomic mass is 10.0. The minimum Gasteiger partial charge on any atom is -0.277 e. The maximum Gasteiger partial charge on any atom is 0.262 e. The Kier molecular flexibility index (Phi) is 2.27. The average Bonchev–Trinajstić information content (AvgIpc) is 3.29. The van der Waals surface area contributed by atoms with Crippen molar-refractivity contribution in [3.63, 3.8) is 0 Å². The van der Waals surface area contributed by atoms with Gasteiger partial charge in [0, 0.05) is 28.6 Å². The third kappa shape index (κ3) is 1.39. The molecule has 6 aromatic rings. The summed E-state index contributed by atoms with van der Waals surface area (Å²) in [7, 11) is 1.53. The first-order valence-electron chi connectivity index (χ1n) is 8.35. The van der Waals surface area contributed by atoms with Gasteiger partial charge in [-0.2, -0.15) is 0 Å². The van der Waals surface area contributed by atoms with Crippen molar-refractivity contribution in [3.8, 4) is 0 Å². The van der Waals surface area contributed by atoms with Gasteiger partial charge in [-0.15, -0.1) is 0 Å². The fourth-order valence-electron chi connectivity index (χ4n) is 4.13. The van der Waals surface area contributed by atoms with Gasteiger partial charge in [0.25, 0.3) is 11.1 Å². The van der Waals surface area contributed by atoms with Crippen molar-refractivity contribution in [3.05, 3.63) is 69.2 Å². The fourth-order valence-corrected chi connectivity index (χ4v) is 4.13. The van der Waals surface area contributed by atoms with Crippen LogP contribution in [-0.2, 0) is 7.05 Å². The summed E-state index contributed by atoms with van der Waals surface area (Å²) in [6.07, 6.45) is 0. The van der Waals surface area contributed by atoms with Crippen LogP contribution in [0.5, 0.6) is 0 Å². The molecule has 122 valence electrons. The maximum absolute atomic E-state index is 12.9. The summed E-state index contributed by atoms with van der Waals surface area (Å²) >= 11 is 0. The summed E-state index contributed by atoms with van der Waals surface area (Å²) in [6, 6.07) is 15.4. The van der Waals surface area contributed by atoms with Gasteiger partial charge >= 0.3 is 0 Å². The monoisotopic (exact) mass is 337 g/mol. The first-order chi connectivity index (χ1) is 12.7. The van der Waals surface area contributed by atoms with E-state index in [1.165, 1.54) is 11.6 Å². The minimum atomic E-state index is -0.277. The van der Waals surface area contributed by atoms with Gasteiger partial charge in [-0.1, -0.05) is 36.4 Å². The number of para-hydroxylation sites is 2. The molecule has 5 nitrogen and oxygen atoms in total. The van der Waals surface area contributed by atoms with E-state index in [-0.39, 0.29) is 11.1 Å². The van der Waals surface area contributed by atoms with E-state index in [4.69, 9.17) is 9.97 Å². The van der Waals surface area contributed by atoms with Crippen molar-refractivity contribution in [1.29, 1.82) is 0 Å². The Bertz CT molecular complexity index is 1510. The van der Waals surface area contributed by atoms with E-state index in [0.29, 0.717) is 21.8 Å². The lowest BCUT2D eigenvalue weighted by Crippen LogP contribution is -2.21. The normalized spacial score (nSPS) is 12.3. The Morgan fingerprint density at radius 1 is 0.654 bits per heavy atom. The van der Waals surface area contributed by atoms with Crippen molar-refractivity contribution in [1.82, 2.24) is 14.5 Å². The zero-order chi connectivity index (χ0) is 17.6. The predicted octanol–water partition coefficient (Wildman–Crippen LogP) is 3.18. The SMILES string of the molecule is Cn1c(=O)c2c(c1=O)c1c3ccccc3nc1c1nc3ccccc3c12. The van der Waals surface area contributed by atoms with Crippen molar-refractivity contribution in [2.24, 2.45) is 7.05 Å². The van der Waals surface area contributed by atoms with Crippen molar-refractivity contribution >= 4 is 54.4 Å². The number of rotatable bonds is 0. The van der Waals surface area contributed by atoms with Crippen LogP contribution in [0.1, 0.15) is 0 Å². The molecule has 0 unspecified atom stereocenters. The van der Waals surface area contributed by atoms with E-state index in [9.17, 15) is 9.59 Å². The Hall–Kier alpha value is -3.60. The van der Waals surface area contributed by atoms with Crippen LogP contribution < -0.4 is 11.1 Å². The standard InChI is InChI=1S/C21H11N3O2/c1-24-20(25)16-14-10-6-2-4-8-12(10)22-18(14)19-15(17(16)21(24)26)11-7-3-5-9-13(11)23-19/h2-9H,1H3. The largest absolute Gasteiger partial charge is 0.277 e. The van der Waals surface area contributed by atoms with E-state index in [2.05, 4.69) is 0 Å². The highest BCUT2D eigenvalue weighted by Gasteiger charge is 2.24. The first kappa shape index (κ1) is 13.7. The molecular weight excluding hydrogens is 326 g/mol. The average molecular weight is 337 g/mol. The molecule has 0 atom stereocenters. The summed E-state index contributed by atoms with van der Waals surface area (Å²) in [6.45, 7) is 0. The topological polar surface area (TPSA) is 64.8 Å². The molecule has 0 aliphatic rings. The van der Waals surface area contributed by atoms with Crippen molar-refractivity contribution in [2.75, 3.05) is 0 Å². The van der Waals surface area contributed by atoms with E-state index in [0.717, 1.165) is 32.6 Å². The van der Waals surface area contributed by atoms with Crippen LogP contribution in [0, 0.1) is 0 Å². The fraction of sp³-hybridized carbons (Fsp3) is 0.0476. The van der Waals surface area contributed by atoms with Crippen LogP contribution in [0.3, 0.4) is 0 Å². The van der Waals surface area contributed by atoms with Gasteiger partial charge < -0.3 is 0 Å². The van der Waals surface area contributed by atoms with Crippen molar-refractivity contribution < 1.29 is 0 Å². The van der Waals surface area contributed by atoms with Crippen LogP contribution in [0.25, 0.3) is 54.4 Å². The smallest absolute Gasteiger partial charge is 0.262 e. The number of fused-ring (bicyclic) bond motifs is 10. The molecule has 5 heteroatoms. The third-order valence-corrected chi connectivity index (χ3v) is 5.30. The van der Waals surface area contributed by atoms with Gasteiger partial charge in [-0.25, -0.2) is 9.97 Å². The van der Waals surface area contributed by atoms with Gasteiger partial charge in [0.1, 0.15) is 0 Å². The molecule has 6 rings (SSSR count). The lowest BCUT2D eigenvalue weighted by Gasteiger charge is -1.97. The molecule has 3 heterocycles. The van der Waals surface area contributed by atoms with E-state index in [1.54, 1.807) is 0 Å². The number of aromatic nitrogens is 3. The zero-order valence-electron chi connectivity index (χ0n) is 13.8. The third-order valence-electron chi connectivity index (χ3n) is 5.30. The molecule has 0 N–H and O–H groups in total. The zero-order valence-corrected chi connectivity index (χ0v) is 13.8. The lowest BCUT2D eigenvalue weighted by molar-refractivity contribution is 0.857. The summed E-state index contributed by atoms with van der Waals surface area (Å²) in [5.41, 5.74) is 2.43. The summed E-state index contributed by atoms with van der Waals surface area (Å²) < 4.78 is 1.19. The van der Waals surface area contributed by atoms with Crippen molar-refractivity contribution in [2.45, 2.75) is 0 Å². The molecule has 0 amide bonds. The van der Waals surface area contributed by atoms with Crippen LogP contribution in [0.15, 0.2) is 58.1 Å². The second-order valence-corrected chi connectivity index (χ2v) is 6.62. The molecule has 26 heavy (non-hydrogen) atoms. The number of nitrogens with zero attached hydrogens (tertiary/aromatic N) is 3. The first-order valence-corrected chi connectivity index (χ1v) is 8.35. The van der Waals surface area contributed by atoms with Gasteiger partial charge in [-0.3, -0.25) is 14.2 Å². The molecule has 0 saturated heterocycles. The van der Waals surface area contributed by atoms with Crippen LogP contribution in [0.4, 0.5) is 0 Å². The molecule has 3 aromatic heterocycles. The number of benzene rings is 3. The Labute approximate surface area is 145 Å². The molecule has 0 aliphatic heterocycles. The second kappa shape index (κ2) is 4.32. The molecule has 0 radical (unpaired) electrons. The molecule has 0 spiro atoms. The van der Waals surface area contributed by atoms with Crippen LogP contribution >= 0.6 is 0 Å². The molecule has 0 saturated carbocycles. The van der Waals surface area contributed by atoms with Gasteiger partial charge in [0.05, 0.1) is 32.8 Å². The minimum absolute atomic E-state index is 0.277. The maximum atomic E-state index is 12.9. The van der Waals surface area contributed by atoms with E-state index >= 15 is 0 Å². The van der Waals surface area contributed by atoms with Gasteiger partial charge in [-0.05, 0) is 12.1 Å². The summed E-state index contributed by atoms with van der Waals surface area (Å²) in [5.74, 6) is 0. The molecule has 0 bridgehead atoms. The number of hydrogen-bond acceptors (Lipinski definition) is 4. The summed E-state index contributed by atoms with van der Waals surface area (Å²) in [4.78, 5) is 35.4. The Morgan fingerprint density at radius 2 is 1.08 bits per heavy atom. The molecular formula is C21H11N3O2. The Morgan fingerprint density at radius 3 is 1.54 bits per heavy atom. The van der Waals surface area contributed by atoms with Crippen LogP contribution in [-0.4, -0.2) is 14.5 Å². The predicted molar refractivity (Wildman–Crippen MR) is 103 cm³/mol.